The molecule has 0 N–H and O–H groups in total. The molecule has 9 heavy (non-hydrogen) atoms. The molecule has 2 heteroatoms. The number of nitrogens with zero attached hydrogens (tertiary/aromatic N) is 1. The number of thioether (sulfide) groups is 1. The third-order valence-corrected chi connectivity index (χ3v) is 1.24. The van der Waals surface area contributed by atoms with E-state index in [1.54, 1.807) is 11.8 Å². The first kappa shape index (κ1) is 8.76. The van der Waals surface area contributed by atoms with E-state index < -0.39 is 0 Å². The van der Waals surface area contributed by atoms with E-state index in [2.05, 4.69) is 25.4 Å². The molecule has 0 aliphatic carbocycles. The molecule has 0 saturated heterocycles. The second-order valence-electron chi connectivity index (χ2n) is 2.17. The molecule has 0 atom stereocenters. The van der Waals surface area contributed by atoms with Gasteiger partial charge in [0, 0.05) is 6.04 Å². The van der Waals surface area contributed by atoms with Crippen LogP contribution in [0.3, 0.4) is 0 Å². The Kier molecular flexibility index (Phi) is 4.50. The molecule has 0 amide bonds. The molecule has 0 aromatic rings. The van der Waals surface area contributed by atoms with Crippen molar-refractivity contribution in [2.75, 3.05) is 0 Å². The summed E-state index contributed by atoms with van der Waals surface area (Å²) in [4.78, 5) is 5.22. The molecule has 0 aromatic carbocycles. The first-order valence-corrected chi connectivity index (χ1v) is 3.84. The van der Waals surface area contributed by atoms with E-state index >= 15 is 0 Å². The summed E-state index contributed by atoms with van der Waals surface area (Å²) in [6.07, 6.45) is 0. The molecule has 0 aliphatic rings. The van der Waals surface area contributed by atoms with Gasteiger partial charge in [-0.15, -0.1) is 0 Å². The molecule has 0 radical (unpaired) electrons. The fourth-order valence-electron chi connectivity index (χ4n) is 0.242. The lowest BCUT2D eigenvalue weighted by atomic mass is 10.4. The molecular formula is C7H13NS. The summed E-state index contributed by atoms with van der Waals surface area (Å²) in [6, 6.07) is 0.400. The van der Waals surface area contributed by atoms with Crippen LogP contribution in [0, 0.1) is 0 Å². The highest BCUT2D eigenvalue weighted by atomic mass is 32.2. The first-order chi connectivity index (χ1) is 4.13. The Hall–Kier alpha value is -0.240. The number of aliphatic imine (C=N–C) groups is 1. The highest BCUT2D eigenvalue weighted by Gasteiger charge is 1.83. The SMILES string of the molecule is C=C(C)SC=NC(C)C. The smallest absolute Gasteiger partial charge is 0.0588 e. The second-order valence-corrected chi connectivity index (χ2v) is 3.31. The molecule has 0 aromatic heterocycles. The molecule has 52 valence electrons. The first-order valence-electron chi connectivity index (χ1n) is 2.96. The van der Waals surface area contributed by atoms with Gasteiger partial charge in [-0.25, -0.2) is 0 Å². The second kappa shape index (κ2) is 4.62. The van der Waals surface area contributed by atoms with Crippen molar-refractivity contribution in [1.29, 1.82) is 0 Å². The largest absolute Gasteiger partial charge is 0.283 e. The van der Waals surface area contributed by atoms with Crippen LogP contribution < -0.4 is 0 Å². The van der Waals surface area contributed by atoms with E-state index in [0.717, 1.165) is 4.91 Å². The summed E-state index contributed by atoms with van der Waals surface area (Å²) >= 11 is 1.57. The Labute approximate surface area is 61.3 Å². The van der Waals surface area contributed by atoms with Gasteiger partial charge in [-0.3, -0.25) is 4.99 Å². The van der Waals surface area contributed by atoms with Gasteiger partial charge < -0.3 is 0 Å². The van der Waals surface area contributed by atoms with Gasteiger partial charge in [-0.05, 0) is 25.7 Å². The molecule has 0 aliphatic heterocycles. The quantitative estimate of drug-likeness (QED) is 0.437. The van der Waals surface area contributed by atoms with Gasteiger partial charge in [0.05, 0.1) is 5.55 Å². The lowest BCUT2D eigenvalue weighted by Crippen LogP contribution is -1.85. The third-order valence-electron chi connectivity index (χ3n) is 0.613. The van der Waals surface area contributed by atoms with Crippen molar-refractivity contribution in [2.24, 2.45) is 4.99 Å². The Bertz CT molecular complexity index is 116. The Morgan fingerprint density at radius 3 is 2.56 bits per heavy atom. The average Bonchev–Trinajstić information content (AvgIpc) is 1.63. The highest BCUT2D eigenvalue weighted by Crippen LogP contribution is 2.07. The zero-order valence-corrected chi connectivity index (χ0v) is 7.03. The van der Waals surface area contributed by atoms with Crippen molar-refractivity contribution in [3.63, 3.8) is 0 Å². The van der Waals surface area contributed by atoms with Crippen LogP contribution in [0.25, 0.3) is 0 Å². The lowest BCUT2D eigenvalue weighted by Gasteiger charge is -1.93. The monoisotopic (exact) mass is 143 g/mol. The molecule has 0 bridgehead atoms. The van der Waals surface area contributed by atoms with Crippen molar-refractivity contribution < 1.29 is 0 Å². The minimum Gasteiger partial charge on any atom is -0.283 e. The van der Waals surface area contributed by atoms with Crippen molar-refractivity contribution in [2.45, 2.75) is 26.8 Å². The van der Waals surface area contributed by atoms with E-state index in [1.807, 2.05) is 12.5 Å². The minimum atomic E-state index is 0.400. The molecule has 1 nitrogen and oxygen atoms in total. The third kappa shape index (κ3) is 7.76. The van der Waals surface area contributed by atoms with Crippen LogP contribution in [0.5, 0.6) is 0 Å². The molecule has 0 unspecified atom stereocenters. The Balaban J connectivity index is 3.36. The summed E-state index contributed by atoms with van der Waals surface area (Å²) in [5, 5.41) is 0. The van der Waals surface area contributed by atoms with Gasteiger partial charge in [-0.1, -0.05) is 18.3 Å². The van der Waals surface area contributed by atoms with Gasteiger partial charge in [-0.2, -0.15) is 0 Å². The fourth-order valence-corrected chi connectivity index (χ4v) is 0.726. The summed E-state index contributed by atoms with van der Waals surface area (Å²) in [5.74, 6) is 0. The van der Waals surface area contributed by atoms with Crippen LogP contribution in [-0.2, 0) is 0 Å². The van der Waals surface area contributed by atoms with Crippen LogP contribution >= 0.6 is 11.8 Å². The molecular weight excluding hydrogens is 130 g/mol. The van der Waals surface area contributed by atoms with Crippen LogP contribution in [0.2, 0.25) is 0 Å². The van der Waals surface area contributed by atoms with E-state index in [1.165, 1.54) is 0 Å². The molecule has 0 fully saturated rings. The Morgan fingerprint density at radius 2 is 2.22 bits per heavy atom. The van der Waals surface area contributed by atoms with Crippen LogP contribution in [0.15, 0.2) is 16.5 Å². The summed E-state index contributed by atoms with van der Waals surface area (Å²) in [6.45, 7) is 9.80. The van der Waals surface area contributed by atoms with Gasteiger partial charge in [0.25, 0.3) is 0 Å². The van der Waals surface area contributed by atoms with Crippen molar-refractivity contribution in [1.82, 2.24) is 0 Å². The van der Waals surface area contributed by atoms with Gasteiger partial charge in [0.2, 0.25) is 0 Å². The maximum atomic E-state index is 4.14. The predicted octanol–water partition coefficient (Wildman–Crippen LogP) is 2.69. The number of allylic oxidation sites excluding steroid dienone is 1. The van der Waals surface area contributed by atoms with E-state index in [9.17, 15) is 0 Å². The predicted molar refractivity (Wildman–Crippen MR) is 46.0 cm³/mol. The van der Waals surface area contributed by atoms with Gasteiger partial charge >= 0.3 is 0 Å². The number of hydrogen-bond acceptors (Lipinski definition) is 2. The van der Waals surface area contributed by atoms with Gasteiger partial charge in [0.15, 0.2) is 0 Å². The van der Waals surface area contributed by atoms with Crippen molar-refractivity contribution in [3.8, 4) is 0 Å². The van der Waals surface area contributed by atoms with Gasteiger partial charge in [0.1, 0.15) is 0 Å². The van der Waals surface area contributed by atoms with E-state index in [0.29, 0.717) is 6.04 Å². The van der Waals surface area contributed by atoms with Crippen molar-refractivity contribution in [3.05, 3.63) is 11.5 Å². The molecule has 0 saturated carbocycles. The maximum absolute atomic E-state index is 4.14. The zero-order chi connectivity index (χ0) is 7.28. The standard InChI is InChI=1S/C7H13NS/c1-6(2)8-5-9-7(3)4/h5-6H,3H2,1-2,4H3. The lowest BCUT2D eigenvalue weighted by molar-refractivity contribution is 0.843. The minimum absolute atomic E-state index is 0.400. The summed E-state index contributed by atoms with van der Waals surface area (Å²) in [5.41, 5.74) is 1.84. The van der Waals surface area contributed by atoms with E-state index in [-0.39, 0.29) is 0 Å². The number of hydrogen-bond donors (Lipinski definition) is 0. The molecule has 0 rings (SSSR count). The fraction of sp³-hybridized carbons (Fsp3) is 0.571. The zero-order valence-electron chi connectivity index (χ0n) is 6.22. The van der Waals surface area contributed by atoms with E-state index in [4.69, 9.17) is 0 Å². The van der Waals surface area contributed by atoms with Crippen molar-refractivity contribution >= 4 is 17.3 Å². The topological polar surface area (TPSA) is 12.4 Å². The van der Waals surface area contributed by atoms with Crippen LogP contribution in [0.1, 0.15) is 20.8 Å². The Morgan fingerprint density at radius 1 is 1.67 bits per heavy atom. The molecule has 0 spiro atoms. The summed E-state index contributed by atoms with van der Waals surface area (Å²) < 4.78 is 0. The van der Waals surface area contributed by atoms with Crippen LogP contribution in [0.4, 0.5) is 0 Å². The van der Waals surface area contributed by atoms with Crippen LogP contribution in [-0.4, -0.2) is 11.6 Å². The summed E-state index contributed by atoms with van der Waals surface area (Å²) in [7, 11) is 0. The number of rotatable bonds is 3. The average molecular weight is 143 g/mol. The maximum Gasteiger partial charge on any atom is 0.0588 e. The normalized spacial score (nSPS) is 11.1. The highest BCUT2D eigenvalue weighted by molar-refractivity contribution is 8.15. The molecule has 0 heterocycles.